The molecule has 4 atom stereocenters. The molecule has 0 saturated carbocycles. The zero-order valence-corrected chi connectivity index (χ0v) is 13.5. The number of imidazole rings is 1. The van der Waals surface area contributed by atoms with Crippen LogP contribution in [0.4, 0.5) is 5.82 Å². The van der Waals surface area contributed by atoms with E-state index >= 15 is 0 Å². The highest BCUT2D eigenvalue weighted by molar-refractivity contribution is 7.81. The van der Waals surface area contributed by atoms with Crippen molar-refractivity contribution in [2.24, 2.45) is 5.92 Å². The molecule has 1 aliphatic heterocycles. The molecule has 1 fully saturated rings. The number of nitrogens with zero attached hydrogens (tertiary/aromatic N) is 4. The Kier molecular flexibility index (Phi) is 4.24. The number of aliphatic hydroxyl groups is 1. The molecule has 3 rings (SSSR count). The van der Waals surface area contributed by atoms with Crippen LogP contribution in [0.3, 0.4) is 0 Å². The van der Waals surface area contributed by atoms with Crippen LogP contribution in [-0.4, -0.2) is 42.1 Å². The lowest BCUT2D eigenvalue weighted by atomic mass is 10.0. The molecule has 120 valence electrons. The highest BCUT2D eigenvalue weighted by Gasteiger charge is 2.42. The van der Waals surface area contributed by atoms with Crippen molar-refractivity contribution in [2.75, 3.05) is 5.73 Å². The minimum absolute atomic E-state index is 0.230. The summed E-state index contributed by atoms with van der Waals surface area (Å²) in [4.78, 5) is 12.4. The van der Waals surface area contributed by atoms with E-state index in [2.05, 4.69) is 41.4 Å². The average Bonchev–Trinajstić information content (AvgIpc) is 3.01. The molecule has 0 bridgehead atoms. The Labute approximate surface area is 134 Å². The van der Waals surface area contributed by atoms with Gasteiger partial charge in [0.2, 0.25) is 0 Å². The Morgan fingerprint density at radius 2 is 2.18 bits per heavy atom. The van der Waals surface area contributed by atoms with Gasteiger partial charge in [-0.05, 0) is 18.8 Å². The largest absolute Gasteiger partial charge is 0.389 e. The summed E-state index contributed by atoms with van der Waals surface area (Å²) < 4.78 is 7.79. The normalized spacial score (nSPS) is 28.8. The lowest BCUT2D eigenvalue weighted by Gasteiger charge is -2.17. The maximum atomic E-state index is 10.4. The number of fused-ring (bicyclic) bond motifs is 1. The van der Waals surface area contributed by atoms with Gasteiger partial charge in [0.25, 0.3) is 0 Å². The van der Waals surface area contributed by atoms with Crippen molar-refractivity contribution in [3.8, 4) is 0 Å². The number of aliphatic hydroxyl groups excluding tert-OH is 1. The van der Waals surface area contributed by atoms with Gasteiger partial charge in [0.05, 0.1) is 23.8 Å². The first-order valence-corrected chi connectivity index (χ1v) is 7.95. The standard InChI is InChI=1S/C14H21N5O2S/c1-7(2)3-4-8-10(20)11(22)14(21-8)19-6-18-9-12(15)16-5-17-13(9)19/h5-8,10-11,14,20,22H,3-4H2,1-2H3,(H2,15,16,17)/t8-,10-,11-,14-/m1/s1. The van der Waals surface area contributed by atoms with Crippen LogP contribution in [0.25, 0.3) is 11.2 Å². The van der Waals surface area contributed by atoms with Gasteiger partial charge in [-0.25, -0.2) is 15.0 Å². The van der Waals surface area contributed by atoms with Crippen molar-refractivity contribution in [1.82, 2.24) is 19.5 Å². The summed E-state index contributed by atoms with van der Waals surface area (Å²) in [6.07, 6.45) is 3.53. The topological polar surface area (TPSA) is 99.1 Å². The predicted octanol–water partition coefficient (Wildman–Crippen LogP) is 1.40. The van der Waals surface area contributed by atoms with Crippen molar-refractivity contribution in [3.63, 3.8) is 0 Å². The molecule has 3 heterocycles. The summed E-state index contributed by atoms with van der Waals surface area (Å²) in [6.45, 7) is 4.31. The summed E-state index contributed by atoms with van der Waals surface area (Å²) in [7, 11) is 0. The summed E-state index contributed by atoms with van der Waals surface area (Å²) in [5.41, 5.74) is 6.93. The number of hydrogen-bond donors (Lipinski definition) is 3. The van der Waals surface area contributed by atoms with Gasteiger partial charge in [-0.2, -0.15) is 12.6 Å². The zero-order chi connectivity index (χ0) is 15.9. The Morgan fingerprint density at radius 3 is 2.91 bits per heavy atom. The van der Waals surface area contributed by atoms with E-state index in [1.54, 1.807) is 10.9 Å². The van der Waals surface area contributed by atoms with E-state index in [1.807, 2.05) is 0 Å². The number of thiol groups is 1. The van der Waals surface area contributed by atoms with E-state index in [9.17, 15) is 5.11 Å². The van der Waals surface area contributed by atoms with Crippen LogP contribution in [-0.2, 0) is 4.74 Å². The Balaban J connectivity index is 1.86. The monoisotopic (exact) mass is 323 g/mol. The van der Waals surface area contributed by atoms with E-state index in [1.165, 1.54) is 6.33 Å². The summed E-state index contributed by atoms with van der Waals surface area (Å²) in [6, 6.07) is 0. The number of rotatable bonds is 4. The lowest BCUT2D eigenvalue weighted by Crippen LogP contribution is -2.28. The van der Waals surface area contributed by atoms with E-state index in [0.717, 1.165) is 12.8 Å². The molecule has 7 nitrogen and oxygen atoms in total. The third kappa shape index (κ3) is 2.66. The second kappa shape index (κ2) is 6.02. The average molecular weight is 323 g/mol. The smallest absolute Gasteiger partial charge is 0.167 e. The fourth-order valence-electron chi connectivity index (χ4n) is 2.75. The first kappa shape index (κ1) is 15.5. The third-order valence-electron chi connectivity index (χ3n) is 4.03. The summed E-state index contributed by atoms with van der Waals surface area (Å²) in [5.74, 6) is 0.893. The molecule has 8 heteroatoms. The van der Waals surface area contributed by atoms with Gasteiger partial charge in [-0.1, -0.05) is 13.8 Å². The molecular weight excluding hydrogens is 302 g/mol. The Hall–Kier alpha value is -1.38. The Morgan fingerprint density at radius 1 is 1.41 bits per heavy atom. The molecule has 1 aliphatic rings. The molecular formula is C14H21N5O2S. The van der Waals surface area contributed by atoms with Gasteiger partial charge in [-0.15, -0.1) is 0 Å². The second-order valence-corrected chi connectivity index (χ2v) is 6.70. The van der Waals surface area contributed by atoms with Crippen molar-refractivity contribution in [1.29, 1.82) is 0 Å². The molecule has 2 aromatic heterocycles. The molecule has 0 radical (unpaired) electrons. The van der Waals surface area contributed by atoms with E-state index < -0.39 is 12.3 Å². The van der Waals surface area contributed by atoms with Crippen LogP contribution >= 0.6 is 12.6 Å². The fourth-order valence-corrected chi connectivity index (χ4v) is 3.16. The maximum Gasteiger partial charge on any atom is 0.167 e. The SMILES string of the molecule is CC(C)CC[C@H]1O[C@@H](n2cnc3c(N)ncnc32)[C@H](S)[C@@H]1O. The maximum absolute atomic E-state index is 10.4. The van der Waals surface area contributed by atoms with Crippen molar-refractivity contribution < 1.29 is 9.84 Å². The van der Waals surface area contributed by atoms with Gasteiger partial charge in [-0.3, -0.25) is 4.57 Å². The number of aromatic nitrogens is 4. The van der Waals surface area contributed by atoms with Crippen LogP contribution in [0, 0.1) is 5.92 Å². The summed E-state index contributed by atoms with van der Waals surface area (Å²) >= 11 is 4.53. The first-order valence-electron chi connectivity index (χ1n) is 7.43. The van der Waals surface area contributed by atoms with Gasteiger partial charge in [0.1, 0.15) is 11.8 Å². The molecule has 22 heavy (non-hydrogen) atoms. The number of nitrogens with two attached hydrogens (primary N) is 1. The van der Waals surface area contributed by atoms with E-state index in [0.29, 0.717) is 22.9 Å². The quantitative estimate of drug-likeness (QED) is 0.736. The second-order valence-electron chi connectivity index (χ2n) is 6.10. The zero-order valence-electron chi connectivity index (χ0n) is 12.6. The van der Waals surface area contributed by atoms with Crippen LogP contribution in [0.5, 0.6) is 0 Å². The van der Waals surface area contributed by atoms with Gasteiger partial charge in [0, 0.05) is 0 Å². The molecule has 1 saturated heterocycles. The first-order chi connectivity index (χ1) is 10.5. The molecule has 0 unspecified atom stereocenters. The van der Waals surface area contributed by atoms with Crippen molar-refractivity contribution in [3.05, 3.63) is 12.7 Å². The number of anilines is 1. The molecule has 3 N–H and O–H groups in total. The minimum atomic E-state index is -0.622. The molecule has 0 spiro atoms. The lowest BCUT2D eigenvalue weighted by molar-refractivity contribution is -0.0227. The van der Waals surface area contributed by atoms with E-state index in [4.69, 9.17) is 10.5 Å². The predicted molar refractivity (Wildman–Crippen MR) is 86.5 cm³/mol. The minimum Gasteiger partial charge on any atom is -0.389 e. The Bertz CT molecular complexity index is 662. The summed E-state index contributed by atoms with van der Waals surface area (Å²) in [5, 5.41) is 10.0. The third-order valence-corrected chi connectivity index (χ3v) is 4.59. The van der Waals surface area contributed by atoms with Crippen molar-refractivity contribution in [2.45, 2.75) is 50.4 Å². The van der Waals surface area contributed by atoms with Crippen LogP contribution < -0.4 is 5.73 Å². The highest BCUT2D eigenvalue weighted by atomic mass is 32.1. The van der Waals surface area contributed by atoms with Crippen LogP contribution in [0.2, 0.25) is 0 Å². The van der Waals surface area contributed by atoms with Crippen LogP contribution in [0.15, 0.2) is 12.7 Å². The number of nitrogen functional groups attached to an aromatic ring is 1. The highest BCUT2D eigenvalue weighted by Crippen LogP contribution is 2.37. The van der Waals surface area contributed by atoms with Crippen LogP contribution in [0.1, 0.15) is 32.9 Å². The number of hydrogen-bond acceptors (Lipinski definition) is 7. The molecule has 2 aromatic rings. The van der Waals surface area contributed by atoms with Gasteiger partial charge in [0.15, 0.2) is 17.7 Å². The molecule has 0 aromatic carbocycles. The van der Waals surface area contributed by atoms with Gasteiger partial charge < -0.3 is 15.6 Å². The van der Waals surface area contributed by atoms with E-state index in [-0.39, 0.29) is 11.4 Å². The fraction of sp³-hybridized carbons (Fsp3) is 0.643. The molecule has 0 aliphatic carbocycles. The number of ether oxygens (including phenoxy) is 1. The van der Waals surface area contributed by atoms with Crippen molar-refractivity contribution >= 4 is 29.6 Å². The van der Waals surface area contributed by atoms with Gasteiger partial charge >= 0.3 is 0 Å². The molecule has 0 amide bonds.